The van der Waals surface area contributed by atoms with Gasteiger partial charge < -0.3 is 15.3 Å². The first kappa shape index (κ1) is 12.0. The number of nitrogens with two attached hydrogens (primary N) is 1. The summed E-state index contributed by atoms with van der Waals surface area (Å²) in [6.45, 7) is 2.78. The van der Waals surface area contributed by atoms with Crippen LogP contribution < -0.4 is 5.73 Å². The maximum atomic E-state index is 12.2. The maximum absolute atomic E-state index is 12.2. The van der Waals surface area contributed by atoms with Crippen molar-refractivity contribution < 1.29 is 22.7 Å². The van der Waals surface area contributed by atoms with Gasteiger partial charge >= 0.3 is 12.1 Å². The van der Waals surface area contributed by atoms with E-state index in [1.807, 2.05) is 0 Å². The smallest absolute Gasteiger partial charge is 0.435 e. The van der Waals surface area contributed by atoms with Crippen LogP contribution in [0.1, 0.15) is 30.4 Å². The Morgan fingerprint density at radius 2 is 2.00 bits per heavy atom. The second-order valence-electron chi connectivity index (χ2n) is 3.27. The van der Waals surface area contributed by atoms with Crippen LogP contribution in [0.2, 0.25) is 0 Å². The molecule has 4 nitrogen and oxygen atoms in total. The number of halogens is 3. The van der Waals surface area contributed by atoms with Crippen LogP contribution in [-0.4, -0.2) is 16.1 Å². The van der Waals surface area contributed by atoms with Crippen LogP contribution in [-0.2, 0) is 6.18 Å². The van der Waals surface area contributed by atoms with Crippen molar-refractivity contribution in [2.45, 2.75) is 32.2 Å². The predicted octanol–water partition coefficient (Wildman–Crippen LogP) is 1.38. The van der Waals surface area contributed by atoms with Crippen molar-refractivity contribution in [2.75, 3.05) is 0 Å². The first-order valence-corrected chi connectivity index (χ1v) is 4.21. The van der Waals surface area contributed by atoms with Crippen LogP contribution in [0.4, 0.5) is 13.2 Å². The Hall–Kier alpha value is -1.08. The van der Waals surface area contributed by atoms with E-state index in [1.165, 1.54) is 13.8 Å². The van der Waals surface area contributed by atoms with Gasteiger partial charge in [0, 0.05) is 6.04 Å². The average Bonchev–Trinajstić information content (AvgIpc) is 2.45. The summed E-state index contributed by atoms with van der Waals surface area (Å²) in [6, 6.07) is -0.724. The standard InChI is InChI=1S/C8H11F3N2O2/c1-3(12)5(14)6-4(2)13-7(15-6)8(9,10)11/h3,5,14H,12H2,1-2H3. The number of nitrogens with zero attached hydrogens (tertiary/aromatic N) is 1. The first-order valence-electron chi connectivity index (χ1n) is 4.21. The van der Waals surface area contributed by atoms with Crippen molar-refractivity contribution in [1.29, 1.82) is 0 Å². The maximum Gasteiger partial charge on any atom is 0.468 e. The molecule has 0 spiro atoms. The van der Waals surface area contributed by atoms with E-state index in [0.29, 0.717) is 0 Å². The number of hydrogen-bond acceptors (Lipinski definition) is 4. The van der Waals surface area contributed by atoms with Crippen LogP contribution in [0.15, 0.2) is 4.42 Å². The van der Waals surface area contributed by atoms with Crippen molar-refractivity contribution in [1.82, 2.24) is 4.98 Å². The highest BCUT2D eigenvalue weighted by molar-refractivity contribution is 5.13. The molecule has 0 saturated carbocycles. The molecule has 0 aliphatic carbocycles. The number of aromatic nitrogens is 1. The fraction of sp³-hybridized carbons (Fsp3) is 0.625. The van der Waals surface area contributed by atoms with Gasteiger partial charge in [0.25, 0.3) is 0 Å². The summed E-state index contributed by atoms with van der Waals surface area (Å²) in [5.74, 6) is -1.60. The summed E-state index contributed by atoms with van der Waals surface area (Å²) >= 11 is 0. The zero-order valence-corrected chi connectivity index (χ0v) is 8.17. The van der Waals surface area contributed by atoms with Crippen molar-refractivity contribution >= 4 is 0 Å². The Kier molecular flexibility index (Phi) is 3.05. The third-order valence-corrected chi connectivity index (χ3v) is 1.84. The van der Waals surface area contributed by atoms with Crippen molar-refractivity contribution in [3.8, 4) is 0 Å². The summed E-state index contributed by atoms with van der Waals surface area (Å²) in [7, 11) is 0. The van der Waals surface area contributed by atoms with Gasteiger partial charge in [-0.25, -0.2) is 4.98 Å². The van der Waals surface area contributed by atoms with E-state index >= 15 is 0 Å². The highest BCUT2D eigenvalue weighted by Gasteiger charge is 2.39. The lowest BCUT2D eigenvalue weighted by molar-refractivity contribution is -0.158. The molecule has 1 aromatic heterocycles. The van der Waals surface area contributed by atoms with Crippen LogP contribution in [0.5, 0.6) is 0 Å². The molecule has 2 atom stereocenters. The minimum atomic E-state index is -4.65. The van der Waals surface area contributed by atoms with Crippen molar-refractivity contribution in [3.63, 3.8) is 0 Å². The summed E-state index contributed by atoms with van der Waals surface area (Å²) in [5, 5.41) is 9.43. The van der Waals surface area contributed by atoms with E-state index in [9.17, 15) is 18.3 Å². The molecule has 0 saturated heterocycles. The van der Waals surface area contributed by atoms with Crippen LogP contribution >= 0.6 is 0 Å². The Morgan fingerprint density at radius 1 is 1.47 bits per heavy atom. The molecule has 0 aromatic carbocycles. The molecule has 0 aliphatic rings. The fourth-order valence-corrected chi connectivity index (χ4v) is 1.04. The Morgan fingerprint density at radius 3 is 2.33 bits per heavy atom. The Balaban J connectivity index is 3.07. The third-order valence-electron chi connectivity index (χ3n) is 1.84. The van der Waals surface area contributed by atoms with Crippen LogP contribution in [0, 0.1) is 6.92 Å². The topological polar surface area (TPSA) is 72.3 Å². The largest absolute Gasteiger partial charge is 0.468 e. The number of aliphatic hydroxyl groups is 1. The molecule has 1 heterocycles. The third kappa shape index (κ3) is 2.48. The number of oxazole rings is 1. The lowest BCUT2D eigenvalue weighted by Gasteiger charge is -2.11. The van der Waals surface area contributed by atoms with E-state index in [-0.39, 0.29) is 11.5 Å². The van der Waals surface area contributed by atoms with Crippen molar-refractivity contribution in [2.24, 2.45) is 5.73 Å². The van der Waals surface area contributed by atoms with Gasteiger partial charge in [0.15, 0.2) is 5.76 Å². The van der Waals surface area contributed by atoms with Crippen LogP contribution in [0.3, 0.4) is 0 Å². The summed E-state index contributed by atoms with van der Waals surface area (Å²) in [6.07, 6.45) is -5.94. The summed E-state index contributed by atoms with van der Waals surface area (Å²) in [4.78, 5) is 3.18. The van der Waals surface area contributed by atoms with Gasteiger partial charge in [0.05, 0.1) is 5.69 Å². The lowest BCUT2D eigenvalue weighted by Crippen LogP contribution is -2.24. The lowest BCUT2D eigenvalue weighted by atomic mass is 10.1. The second kappa shape index (κ2) is 3.82. The average molecular weight is 224 g/mol. The normalized spacial score (nSPS) is 16.5. The summed E-state index contributed by atoms with van der Waals surface area (Å²) in [5.41, 5.74) is 5.33. The van der Waals surface area contributed by atoms with Crippen molar-refractivity contribution in [3.05, 3.63) is 17.3 Å². The van der Waals surface area contributed by atoms with Gasteiger partial charge in [0.1, 0.15) is 6.10 Å². The van der Waals surface area contributed by atoms with Gasteiger partial charge in [-0.3, -0.25) is 0 Å². The van der Waals surface area contributed by atoms with Gasteiger partial charge in [-0.15, -0.1) is 0 Å². The van der Waals surface area contributed by atoms with E-state index in [1.54, 1.807) is 0 Å². The zero-order chi connectivity index (χ0) is 11.8. The van der Waals surface area contributed by atoms with E-state index in [0.717, 1.165) is 0 Å². The molecule has 15 heavy (non-hydrogen) atoms. The highest BCUT2D eigenvalue weighted by atomic mass is 19.4. The fourth-order valence-electron chi connectivity index (χ4n) is 1.04. The number of alkyl halides is 3. The molecule has 0 aliphatic heterocycles. The molecule has 1 rings (SSSR count). The molecule has 0 amide bonds. The molecule has 0 radical (unpaired) electrons. The first-order chi connectivity index (χ1) is 6.73. The van der Waals surface area contributed by atoms with E-state index < -0.39 is 24.2 Å². The molecular formula is C8H11F3N2O2. The molecule has 0 bridgehead atoms. The monoisotopic (exact) mass is 224 g/mol. The SMILES string of the molecule is Cc1nc(C(F)(F)F)oc1C(O)C(C)N. The number of aliphatic hydroxyl groups excluding tert-OH is 1. The highest BCUT2D eigenvalue weighted by Crippen LogP contribution is 2.32. The van der Waals surface area contributed by atoms with E-state index in [4.69, 9.17) is 5.73 Å². The molecule has 0 fully saturated rings. The predicted molar refractivity (Wildman–Crippen MR) is 44.9 cm³/mol. The van der Waals surface area contributed by atoms with Gasteiger partial charge in [0.2, 0.25) is 0 Å². The summed E-state index contributed by atoms with van der Waals surface area (Å²) < 4.78 is 41.0. The minimum Gasteiger partial charge on any atom is -0.435 e. The molecular weight excluding hydrogens is 213 g/mol. The number of rotatable bonds is 2. The van der Waals surface area contributed by atoms with Gasteiger partial charge in [-0.05, 0) is 13.8 Å². The molecule has 86 valence electrons. The minimum absolute atomic E-state index is 0.00729. The van der Waals surface area contributed by atoms with E-state index in [2.05, 4.69) is 9.40 Å². The van der Waals surface area contributed by atoms with Gasteiger partial charge in [-0.2, -0.15) is 13.2 Å². The van der Waals surface area contributed by atoms with Crippen LogP contribution in [0.25, 0.3) is 0 Å². The molecule has 1 aromatic rings. The Labute approximate surface area is 83.9 Å². The second-order valence-corrected chi connectivity index (χ2v) is 3.27. The van der Waals surface area contributed by atoms with Gasteiger partial charge in [-0.1, -0.05) is 0 Å². The molecule has 3 N–H and O–H groups in total. The quantitative estimate of drug-likeness (QED) is 0.796. The zero-order valence-electron chi connectivity index (χ0n) is 8.17. The number of hydrogen-bond donors (Lipinski definition) is 2. The molecule has 7 heteroatoms. The Bertz CT molecular complexity index is 346. The molecule has 2 unspecified atom stereocenters. The number of aryl methyl sites for hydroxylation is 1.